The molecule has 1 heterocycles. The Kier molecular flexibility index (Phi) is 4.27. The van der Waals surface area contributed by atoms with E-state index < -0.39 is 0 Å². The molecule has 3 nitrogen and oxygen atoms in total. The Balaban J connectivity index is 1.67. The number of nitrogens with one attached hydrogen (secondary N) is 1. The third-order valence-electron chi connectivity index (χ3n) is 4.73. The number of phenolic OH excluding ortho intramolecular Hbond substituents is 1. The van der Waals surface area contributed by atoms with E-state index >= 15 is 0 Å². The highest BCUT2D eigenvalue weighted by Gasteiger charge is 2.34. The lowest BCUT2D eigenvalue weighted by atomic mass is 10.0. The van der Waals surface area contributed by atoms with Crippen molar-refractivity contribution in [2.24, 2.45) is 0 Å². The first-order valence-corrected chi connectivity index (χ1v) is 8.02. The monoisotopic (exact) mass is 274 g/mol. The molecule has 0 aromatic heterocycles. The average Bonchev–Trinajstić information content (AvgIpc) is 3.30. The second kappa shape index (κ2) is 6.15. The Morgan fingerprint density at radius 3 is 2.55 bits per heavy atom. The van der Waals surface area contributed by atoms with Gasteiger partial charge in [0.1, 0.15) is 5.75 Å². The fourth-order valence-electron chi connectivity index (χ4n) is 3.31. The predicted molar refractivity (Wildman–Crippen MR) is 81.9 cm³/mol. The van der Waals surface area contributed by atoms with Crippen molar-refractivity contribution >= 4 is 0 Å². The lowest BCUT2D eigenvalue weighted by molar-refractivity contribution is 0.166. The third kappa shape index (κ3) is 3.33. The van der Waals surface area contributed by atoms with Crippen LogP contribution in [0.25, 0.3) is 0 Å². The summed E-state index contributed by atoms with van der Waals surface area (Å²) in [6.07, 6.45) is 6.69. The maximum Gasteiger partial charge on any atom is 0.115 e. The number of nitrogens with zero attached hydrogens (tertiary/aromatic N) is 1. The summed E-state index contributed by atoms with van der Waals surface area (Å²) in [7, 11) is 0. The van der Waals surface area contributed by atoms with Crippen molar-refractivity contribution in [3.05, 3.63) is 29.8 Å². The number of rotatable bonds is 5. The molecule has 2 fully saturated rings. The van der Waals surface area contributed by atoms with Gasteiger partial charge in [-0.3, -0.25) is 4.90 Å². The molecule has 20 heavy (non-hydrogen) atoms. The second-order valence-electron chi connectivity index (χ2n) is 6.34. The van der Waals surface area contributed by atoms with E-state index in [9.17, 15) is 5.11 Å². The van der Waals surface area contributed by atoms with Gasteiger partial charge in [0.15, 0.2) is 0 Å². The molecule has 2 unspecified atom stereocenters. The second-order valence-corrected chi connectivity index (χ2v) is 6.34. The van der Waals surface area contributed by atoms with E-state index in [4.69, 9.17) is 0 Å². The molecule has 1 aliphatic heterocycles. The van der Waals surface area contributed by atoms with Crippen LogP contribution in [-0.2, 0) is 0 Å². The van der Waals surface area contributed by atoms with Gasteiger partial charge in [0.25, 0.3) is 0 Å². The quantitative estimate of drug-likeness (QED) is 0.866. The van der Waals surface area contributed by atoms with Gasteiger partial charge in [0.2, 0.25) is 0 Å². The summed E-state index contributed by atoms with van der Waals surface area (Å²) >= 11 is 0. The van der Waals surface area contributed by atoms with E-state index in [1.54, 1.807) is 12.1 Å². The highest BCUT2D eigenvalue weighted by Crippen LogP contribution is 2.35. The minimum absolute atomic E-state index is 0.355. The first kappa shape index (κ1) is 13.9. The molecule has 0 amide bonds. The zero-order valence-corrected chi connectivity index (χ0v) is 12.4. The van der Waals surface area contributed by atoms with Crippen molar-refractivity contribution in [3.63, 3.8) is 0 Å². The summed E-state index contributed by atoms with van der Waals surface area (Å²) in [5, 5.41) is 13.1. The fraction of sp³-hybridized carbons (Fsp3) is 0.647. The number of hydrogen-bond donors (Lipinski definition) is 2. The van der Waals surface area contributed by atoms with Crippen molar-refractivity contribution in [1.82, 2.24) is 10.2 Å². The van der Waals surface area contributed by atoms with Crippen LogP contribution in [-0.4, -0.2) is 35.2 Å². The van der Waals surface area contributed by atoms with Crippen LogP contribution in [0.2, 0.25) is 0 Å². The average molecular weight is 274 g/mol. The summed E-state index contributed by atoms with van der Waals surface area (Å²) in [6, 6.07) is 9.58. The van der Waals surface area contributed by atoms with Crippen LogP contribution in [0.3, 0.4) is 0 Å². The van der Waals surface area contributed by atoms with Crippen molar-refractivity contribution in [3.8, 4) is 5.75 Å². The van der Waals surface area contributed by atoms with Crippen LogP contribution in [0.5, 0.6) is 5.75 Å². The van der Waals surface area contributed by atoms with E-state index in [0.29, 0.717) is 17.8 Å². The van der Waals surface area contributed by atoms with Gasteiger partial charge >= 0.3 is 0 Å². The Hall–Kier alpha value is -1.06. The van der Waals surface area contributed by atoms with Crippen LogP contribution in [0.4, 0.5) is 0 Å². The lowest BCUT2D eigenvalue weighted by Crippen LogP contribution is -2.45. The molecule has 1 saturated heterocycles. The first-order chi connectivity index (χ1) is 9.74. The van der Waals surface area contributed by atoms with E-state index in [1.807, 2.05) is 0 Å². The number of hydrogen-bond acceptors (Lipinski definition) is 3. The topological polar surface area (TPSA) is 35.5 Å². The van der Waals surface area contributed by atoms with Gasteiger partial charge in [-0.15, -0.1) is 0 Å². The molecule has 0 radical (unpaired) electrons. The third-order valence-corrected chi connectivity index (χ3v) is 4.73. The number of benzene rings is 1. The van der Waals surface area contributed by atoms with Crippen LogP contribution in [0.1, 0.15) is 50.6 Å². The Bertz CT molecular complexity index is 421. The summed E-state index contributed by atoms with van der Waals surface area (Å²) in [5.41, 5.74) is 1.31. The first-order valence-electron chi connectivity index (χ1n) is 8.02. The van der Waals surface area contributed by atoms with Gasteiger partial charge in [-0.1, -0.05) is 18.6 Å². The molecule has 2 atom stereocenters. The largest absolute Gasteiger partial charge is 0.508 e. The molecule has 3 rings (SSSR count). The molecule has 0 bridgehead atoms. The SMILES string of the molecule is CC(c1ccc(O)cc1)N(CC1CCCCN1)C1CC1. The van der Waals surface area contributed by atoms with E-state index in [1.165, 1.54) is 44.2 Å². The molecule has 1 aromatic rings. The van der Waals surface area contributed by atoms with Crippen LogP contribution >= 0.6 is 0 Å². The van der Waals surface area contributed by atoms with Crippen molar-refractivity contribution in [2.45, 2.75) is 57.2 Å². The van der Waals surface area contributed by atoms with Crippen LogP contribution < -0.4 is 5.32 Å². The number of phenols is 1. The van der Waals surface area contributed by atoms with Gasteiger partial charge < -0.3 is 10.4 Å². The number of piperidine rings is 1. The van der Waals surface area contributed by atoms with Gasteiger partial charge in [0, 0.05) is 24.7 Å². The summed E-state index contributed by atoms with van der Waals surface area (Å²) in [5.74, 6) is 0.355. The number of aromatic hydroxyl groups is 1. The fourth-order valence-corrected chi connectivity index (χ4v) is 3.31. The minimum atomic E-state index is 0.355. The van der Waals surface area contributed by atoms with Crippen molar-refractivity contribution < 1.29 is 5.11 Å². The summed E-state index contributed by atoms with van der Waals surface area (Å²) in [6.45, 7) is 4.64. The van der Waals surface area contributed by atoms with Gasteiger partial charge in [0.05, 0.1) is 0 Å². The van der Waals surface area contributed by atoms with E-state index in [2.05, 4.69) is 29.3 Å². The van der Waals surface area contributed by atoms with Gasteiger partial charge in [-0.2, -0.15) is 0 Å². The van der Waals surface area contributed by atoms with Crippen LogP contribution in [0, 0.1) is 0 Å². The highest BCUT2D eigenvalue weighted by atomic mass is 16.3. The van der Waals surface area contributed by atoms with Crippen molar-refractivity contribution in [1.29, 1.82) is 0 Å². The van der Waals surface area contributed by atoms with E-state index in [-0.39, 0.29) is 0 Å². The standard InChI is InChI=1S/C17H26N2O/c1-13(14-5-9-17(20)10-6-14)19(16-7-8-16)12-15-4-2-3-11-18-15/h5-6,9-10,13,15-16,18,20H,2-4,7-8,11-12H2,1H3. The molecule has 1 aromatic carbocycles. The molecule has 1 aliphatic carbocycles. The molecule has 3 heteroatoms. The molecule has 2 N–H and O–H groups in total. The lowest BCUT2D eigenvalue weighted by Gasteiger charge is -2.35. The predicted octanol–water partition coefficient (Wildman–Crippen LogP) is 3.06. The van der Waals surface area contributed by atoms with Crippen molar-refractivity contribution in [2.75, 3.05) is 13.1 Å². The molecular weight excluding hydrogens is 248 g/mol. The molecule has 0 spiro atoms. The molecule has 1 saturated carbocycles. The zero-order valence-electron chi connectivity index (χ0n) is 12.4. The Morgan fingerprint density at radius 2 is 1.95 bits per heavy atom. The smallest absolute Gasteiger partial charge is 0.115 e. The maximum absolute atomic E-state index is 9.44. The normalized spacial score (nSPS) is 24.8. The zero-order chi connectivity index (χ0) is 13.9. The maximum atomic E-state index is 9.44. The summed E-state index contributed by atoms with van der Waals surface area (Å²) < 4.78 is 0. The van der Waals surface area contributed by atoms with Gasteiger partial charge in [-0.25, -0.2) is 0 Å². The van der Waals surface area contributed by atoms with E-state index in [0.717, 1.165) is 12.6 Å². The molecule has 2 aliphatic rings. The van der Waals surface area contributed by atoms with Crippen LogP contribution in [0.15, 0.2) is 24.3 Å². The Labute approximate surface area is 122 Å². The molecular formula is C17H26N2O. The highest BCUT2D eigenvalue weighted by molar-refractivity contribution is 5.28. The van der Waals surface area contributed by atoms with Gasteiger partial charge in [-0.05, 0) is 56.8 Å². The summed E-state index contributed by atoms with van der Waals surface area (Å²) in [4.78, 5) is 2.66. The molecule has 110 valence electrons. The Morgan fingerprint density at radius 1 is 1.20 bits per heavy atom. The minimum Gasteiger partial charge on any atom is -0.508 e.